The molecular weight excluding hydrogens is 192 g/mol. The second kappa shape index (κ2) is 4.75. The molecule has 0 atom stereocenters. The van der Waals surface area contributed by atoms with Crippen LogP contribution in [0.5, 0.6) is 0 Å². The summed E-state index contributed by atoms with van der Waals surface area (Å²) >= 11 is 0. The summed E-state index contributed by atoms with van der Waals surface area (Å²) in [6.45, 7) is 2.54. The smallest absolute Gasteiger partial charge is 0.221 e. The molecule has 0 unspecified atom stereocenters. The molecule has 0 aromatic heterocycles. The SMILES string of the molecule is O=C1CCC(N2CCNC(=O)CC2)CC1. The van der Waals surface area contributed by atoms with Crippen molar-refractivity contribution in [2.24, 2.45) is 0 Å². The van der Waals surface area contributed by atoms with Gasteiger partial charge in [0.15, 0.2) is 0 Å². The zero-order valence-corrected chi connectivity index (χ0v) is 9.00. The van der Waals surface area contributed by atoms with Gasteiger partial charge in [0.2, 0.25) is 5.91 Å². The van der Waals surface area contributed by atoms with E-state index in [1.54, 1.807) is 0 Å². The maximum absolute atomic E-state index is 11.2. The first-order valence-corrected chi connectivity index (χ1v) is 5.78. The molecule has 84 valence electrons. The molecule has 2 rings (SSSR count). The first-order valence-electron chi connectivity index (χ1n) is 5.78. The highest BCUT2D eigenvalue weighted by atomic mass is 16.1. The Labute approximate surface area is 90.0 Å². The van der Waals surface area contributed by atoms with Crippen molar-refractivity contribution >= 4 is 11.7 Å². The van der Waals surface area contributed by atoms with Gasteiger partial charge in [-0.1, -0.05) is 0 Å². The number of Topliss-reactive ketones (excluding diaryl/α,β-unsaturated/α-hetero) is 1. The quantitative estimate of drug-likeness (QED) is 0.678. The Morgan fingerprint density at radius 2 is 1.80 bits per heavy atom. The van der Waals surface area contributed by atoms with Crippen LogP contribution in [0.1, 0.15) is 32.1 Å². The number of ketones is 1. The lowest BCUT2D eigenvalue weighted by Crippen LogP contribution is -2.40. The third-order valence-corrected chi connectivity index (χ3v) is 3.38. The highest BCUT2D eigenvalue weighted by Gasteiger charge is 2.25. The molecule has 0 aromatic rings. The minimum atomic E-state index is 0.157. The highest BCUT2D eigenvalue weighted by Crippen LogP contribution is 2.20. The lowest BCUT2D eigenvalue weighted by atomic mass is 9.93. The number of hydrogen-bond acceptors (Lipinski definition) is 3. The van der Waals surface area contributed by atoms with Gasteiger partial charge in [-0.15, -0.1) is 0 Å². The van der Waals surface area contributed by atoms with Crippen LogP contribution in [0.4, 0.5) is 0 Å². The van der Waals surface area contributed by atoms with E-state index >= 15 is 0 Å². The molecule has 1 heterocycles. The molecule has 1 saturated heterocycles. The van der Waals surface area contributed by atoms with Crippen molar-refractivity contribution in [2.75, 3.05) is 19.6 Å². The Hall–Kier alpha value is -0.900. The first-order chi connectivity index (χ1) is 7.25. The number of rotatable bonds is 1. The Kier molecular flexibility index (Phi) is 3.36. The maximum atomic E-state index is 11.2. The van der Waals surface area contributed by atoms with Crippen molar-refractivity contribution < 1.29 is 9.59 Å². The molecule has 1 aliphatic carbocycles. The zero-order valence-electron chi connectivity index (χ0n) is 9.00. The summed E-state index contributed by atoms with van der Waals surface area (Å²) in [7, 11) is 0. The number of nitrogens with zero attached hydrogens (tertiary/aromatic N) is 1. The van der Waals surface area contributed by atoms with Gasteiger partial charge in [-0.3, -0.25) is 14.5 Å². The van der Waals surface area contributed by atoms with E-state index in [0.717, 1.165) is 45.3 Å². The van der Waals surface area contributed by atoms with Gasteiger partial charge in [0.1, 0.15) is 5.78 Å². The Bertz CT molecular complexity index is 255. The molecule has 0 bridgehead atoms. The fourth-order valence-electron chi connectivity index (χ4n) is 2.44. The monoisotopic (exact) mass is 210 g/mol. The van der Waals surface area contributed by atoms with Crippen LogP contribution in [0.3, 0.4) is 0 Å². The van der Waals surface area contributed by atoms with Crippen molar-refractivity contribution in [1.82, 2.24) is 10.2 Å². The van der Waals surface area contributed by atoms with Crippen molar-refractivity contribution in [3.63, 3.8) is 0 Å². The summed E-state index contributed by atoms with van der Waals surface area (Å²) in [5, 5.41) is 2.87. The van der Waals surface area contributed by atoms with Crippen molar-refractivity contribution in [1.29, 1.82) is 0 Å². The average molecular weight is 210 g/mol. The maximum Gasteiger partial charge on any atom is 0.221 e. The number of hydrogen-bond donors (Lipinski definition) is 1. The highest BCUT2D eigenvalue weighted by molar-refractivity contribution is 5.79. The van der Waals surface area contributed by atoms with Gasteiger partial charge in [-0.05, 0) is 12.8 Å². The van der Waals surface area contributed by atoms with Crippen molar-refractivity contribution in [3.05, 3.63) is 0 Å². The van der Waals surface area contributed by atoms with E-state index in [1.165, 1.54) is 0 Å². The van der Waals surface area contributed by atoms with Gasteiger partial charge in [0.25, 0.3) is 0 Å². The first kappa shape index (κ1) is 10.6. The largest absolute Gasteiger partial charge is 0.355 e. The molecular formula is C11H18N2O2. The van der Waals surface area contributed by atoms with Gasteiger partial charge < -0.3 is 5.32 Å². The van der Waals surface area contributed by atoms with Gasteiger partial charge in [-0.25, -0.2) is 0 Å². The summed E-state index contributed by atoms with van der Waals surface area (Å²) in [5.41, 5.74) is 0. The fraction of sp³-hybridized carbons (Fsp3) is 0.818. The number of nitrogens with one attached hydrogen (secondary N) is 1. The Morgan fingerprint density at radius 1 is 1.07 bits per heavy atom. The van der Waals surface area contributed by atoms with E-state index in [2.05, 4.69) is 10.2 Å². The van der Waals surface area contributed by atoms with Crippen LogP contribution in [0, 0.1) is 0 Å². The van der Waals surface area contributed by atoms with Crippen LogP contribution in [0.15, 0.2) is 0 Å². The van der Waals surface area contributed by atoms with Crippen LogP contribution >= 0.6 is 0 Å². The number of amides is 1. The van der Waals surface area contributed by atoms with Gasteiger partial charge >= 0.3 is 0 Å². The fourth-order valence-corrected chi connectivity index (χ4v) is 2.44. The standard InChI is InChI=1S/C11H18N2O2/c14-10-3-1-9(2-4-10)13-7-5-11(15)12-6-8-13/h9H,1-8H2,(H,12,15). The van der Waals surface area contributed by atoms with Crippen molar-refractivity contribution in [3.8, 4) is 0 Å². The van der Waals surface area contributed by atoms with Crippen molar-refractivity contribution in [2.45, 2.75) is 38.1 Å². The van der Waals surface area contributed by atoms with Crippen LogP contribution < -0.4 is 5.32 Å². The summed E-state index contributed by atoms with van der Waals surface area (Å²) in [6.07, 6.45) is 4.01. The topological polar surface area (TPSA) is 49.4 Å². The van der Waals surface area contributed by atoms with Gasteiger partial charge in [0, 0.05) is 44.9 Å². The molecule has 2 aliphatic rings. The predicted molar refractivity (Wildman–Crippen MR) is 56.5 cm³/mol. The third-order valence-electron chi connectivity index (χ3n) is 3.38. The van der Waals surface area contributed by atoms with Crippen LogP contribution in [-0.2, 0) is 9.59 Å². The van der Waals surface area contributed by atoms with Gasteiger partial charge in [-0.2, -0.15) is 0 Å². The molecule has 4 nitrogen and oxygen atoms in total. The van der Waals surface area contributed by atoms with E-state index in [9.17, 15) is 9.59 Å². The molecule has 15 heavy (non-hydrogen) atoms. The van der Waals surface area contributed by atoms with Crippen LogP contribution in [0.25, 0.3) is 0 Å². The second-order valence-electron chi connectivity index (χ2n) is 4.41. The molecule has 1 aliphatic heterocycles. The van der Waals surface area contributed by atoms with Gasteiger partial charge in [0.05, 0.1) is 0 Å². The lowest BCUT2D eigenvalue weighted by Gasteiger charge is -2.32. The molecule has 4 heteroatoms. The lowest BCUT2D eigenvalue weighted by molar-refractivity contribution is -0.122. The molecule has 0 radical (unpaired) electrons. The van der Waals surface area contributed by atoms with Crippen LogP contribution in [0.2, 0.25) is 0 Å². The molecule has 1 amide bonds. The van der Waals surface area contributed by atoms with E-state index < -0.39 is 0 Å². The number of carbonyl (C=O) groups is 2. The third kappa shape index (κ3) is 2.78. The van der Waals surface area contributed by atoms with E-state index in [0.29, 0.717) is 18.2 Å². The van der Waals surface area contributed by atoms with E-state index in [-0.39, 0.29) is 5.91 Å². The molecule has 1 N–H and O–H groups in total. The summed E-state index contributed by atoms with van der Waals surface area (Å²) in [6, 6.07) is 0.524. The normalized spacial score (nSPS) is 26.1. The molecule has 0 spiro atoms. The van der Waals surface area contributed by atoms with Crippen LogP contribution in [-0.4, -0.2) is 42.3 Å². The summed E-state index contributed by atoms with van der Waals surface area (Å²) in [4.78, 5) is 24.7. The molecule has 0 aromatic carbocycles. The Balaban J connectivity index is 1.87. The molecule has 2 fully saturated rings. The van der Waals surface area contributed by atoms with E-state index in [1.807, 2.05) is 0 Å². The number of carbonyl (C=O) groups excluding carboxylic acids is 2. The minimum Gasteiger partial charge on any atom is -0.355 e. The summed E-state index contributed by atoms with van der Waals surface area (Å²) < 4.78 is 0. The second-order valence-corrected chi connectivity index (χ2v) is 4.41. The van der Waals surface area contributed by atoms with E-state index in [4.69, 9.17) is 0 Å². The summed E-state index contributed by atoms with van der Waals surface area (Å²) in [5.74, 6) is 0.555. The zero-order chi connectivity index (χ0) is 10.7. The average Bonchev–Trinajstić information content (AvgIpc) is 2.44. The molecule has 1 saturated carbocycles. The Morgan fingerprint density at radius 3 is 2.53 bits per heavy atom. The predicted octanol–water partition coefficient (Wildman–Crippen LogP) is 0.320. The minimum absolute atomic E-state index is 0.157.